The smallest absolute Gasteiger partial charge is 0.288 e. The van der Waals surface area contributed by atoms with Gasteiger partial charge in [0.2, 0.25) is 5.95 Å². The van der Waals surface area contributed by atoms with E-state index in [1.165, 1.54) is 0 Å². The first-order valence-corrected chi connectivity index (χ1v) is 10.2. The first-order valence-electron chi connectivity index (χ1n) is 10.2. The van der Waals surface area contributed by atoms with Crippen molar-refractivity contribution in [2.75, 3.05) is 33.8 Å². The Kier molecular flexibility index (Phi) is 5.24. The van der Waals surface area contributed by atoms with E-state index in [1.54, 1.807) is 51.3 Å². The zero-order valence-corrected chi connectivity index (χ0v) is 18.8. The van der Waals surface area contributed by atoms with Gasteiger partial charge in [-0.3, -0.25) is 4.79 Å². The van der Waals surface area contributed by atoms with E-state index in [0.717, 1.165) is 5.56 Å². The third-order valence-corrected chi connectivity index (χ3v) is 5.65. The van der Waals surface area contributed by atoms with Crippen LogP contribution in [0.15, 0.2) is 41.2 Å². The van der Waals surface area contributed by atoms with Crippen molar-refractivity contribution in [2.24, 2.45) is 0 Å². The van der Waals surface area contributed by atoms with Gasteiger partial charge in [-0.1, -0.05) is 11.2 Å². The summed E-state index contributed by atoms with van der Waals surface area (Å²) in [5, 5.41) is 22.0. The van der Waals surface area contributed by atoms with Gasteiger partial charge in [0.25, 0.3) is 5.56 Å². The second-order valence-corrected chi connectivity index (χ2v) is 7.35. The molecule has 0 bridgehead atoms. The Bertz CT molecular complexity index is 1430. The fourth-order valence-electron chi connectivity index (χ4n) is 4.07. The fraction of sp³-hybridized carbons (Fsp3) is 0.227. The predicted molar refractivity (Wildman–Crippen MR) is 121 cm³/mol. The van der Waals surface area contributed by atoms with E-state index >= 15 is 0 Å². The Morgan fingerprint density at radius 2 is 1.56 bits per heavy atom. The Labute approximate surface area is 193 Å². The molecule has 3 heterocycles. The van der Waals surface area contributed by atoms with Crippen LogP contribution in [0.3, 0.4) is 0 Å². The molecule has 0 aliphatic carbocycles. The summed E-state index contributed by atoms with van der Waals surface area (Å²) < 4.78 is 23.3. The first-order chi connectivity index (χ1) is 16.6. The molecule has 1 atom stereocenters. The van der Waals surface area contributed by atoms with Crippen molar-refractivity contribution in [1.29, 1.82) is 0 Å². The molecular formula is C22H21N7O5. The molecule has 4 aromatic rings. The largest absolute Gasteiger partial charge is 0.493 e. The molecule has 1 aliphatic rings. The van der Waals surface area contributed by atoms with Crippen molar-refractivity contribution in [3.8, 4) is 34.3 Å². The van der Waals surface area contributed by atoms with Crippen LogP contribution >= 0.6 is 0 Å². The van der Waals surface area contributed by atoms with Gasteiger partial charge in [-0.05, 0) is 46.3 Å². The van der Waals surface area contributed by atoms with Crippen molar-refractivity contribution in [3.05, 3.63) is 57.9 Å². The summed E-state index contributed by atoms with van der Waals surface area (Å²) in [5.74, 6) is 2.52. The summed E-state index contributed by atoms with van der Waals surface area (Å²) in [7, 11) is 6.24. The van der Waals surface area contributed by atoms with Crippen LogP contribution in [0, 0.1) is 0 Å². The highest BCUT2D eigenvalue weighted by Gasteiger charge is 2.35. The van der Waals surface area contributed by atoms with Gasteiger partial charge >= 0.3 is 0 Å². The number of nitrogens with one attached hydrogen (secondary N) is 2. The van der Waals surface area contributed by atoms with E-state index in [-0.39, 0.29) is 0 Å². The molecule has 12 heteroatoms. The number of benzene rings is 2. The predicted octanol–water partition coefficient (Wildman–Crippen LogP) is 2.15. The molecule has 0 fully saturated rings. The molecule has 0 saturated heterocycles. The second-order valence-electron chi connectivity index (χ2n) is 7.35. The molecule has 2 N–H and O–H groups in total. The summed E-state index contributed by atoms with van der Waals surface area (Å²) in [6.45, 7) is 0. The summed E-state index contributed by atoms with van der Waals surface area (Å²) in [4.78, 5) is 12.9. The second kappa shape index (κ2) is 8.39. The average molecular weight is 463 g/mol. The molecule has 174 valence electrons. The number of hydrogen-bond donors (Lipinski definition) is 2. The van der Waals surface area contributed by atoms with Crippen LogP contribution in [-0.2, 0) is 0 Å². The highest BCUT2D eigenvalue weighted by molar-refractivity contribution is 5.76. The van der Waals surface area contributed by atoms with Crippen LogP contribution in [0.4, 0.5) is 11.6 Å². The molecule has 5 rings (SSSR count). The molecule has 0 radical (unpaired) electrons. The van der Waals surface area contributed by atoms with Crippen molar-refractivity contribution in [1.82, 2.24) is 30.4 Å². The lowest BCUT2D eigenvalue weighted by atomic mass is 9.92. The standard InChI is InChI=1S/C22H21N7O5/c1-31-13-7-5-11(9-15(13)33-3)18-17-19(21(30)25-24-18)23-22-26-27-28-29(22)20(17)12-6-8-14(32-2)16(10-12)34-4/h5-10,20H,1-4H3,(H,25,30)(H,23,26,28)/t20-/m0/s1. The van der Waals surface area contributed by atoms with Crippen LogP contribution in [0.25, 0.3) is 11.3 Å². The number of aromatic amines is 1. The minimum Gasteiger partial charge on any atom is -0.493 e. The van der Waals surface area contributed by atoms with Crippen LogP contribution in [0.5, 0.6) is 23.0 Å². The van der Waals surface area contributed by atoms with E-state index in [9.17, 15) is 4.79 Å². The van der Waals surface area contributed by atoms with Gasteiger partial charge in [0.15, 0.2) is 23.0 Å². The third kappa shape index (κ3) is 3.27. The maximum absolute atomic E-state index is 12.9. The number of tetrazole rings is 1. The maximum Gasteiger partial charge on any atom is 0.288 e. The zero-order valence-electron chi connectivity index (χ0n) is 18.8. The Hall–Kier alpha value is -4.61. The number of ether oxygens (including phenoxy) is 4. The van der Waals surface area contributed by atoms with E-state index in [0.29, 0.717) is 51.5 Å². The van der Waals surface area contributed by atoms with Gasteiger partial charge < -0.3 is 24.3 Å². The number of rotatable bonds is 6. The Morgan fingerprint density at radius 3 is 2.26 bits per heavy atom. The van der Waals surface area contributed by atoms with Crippen LogP contribution in [0.2, 0.25) is 0 Å². The van der Waals surface area contributed by atoms with Gasteiger partial charge in [0.05, 0.1) is 34.1 Å². The summed E-state index contributed by atoms with van der Waals surface area (Å²) in [6.07, 6.45) is 0. The zero-order chi connectivity index (χ0) is 23.8. The number of aromatic nitrogens is 6. The summed E-state index contributed by atoms with van der Waals surface area (Å²) in [5.41, 5.74) is 2.46. The molecule has 0 amide bonds. The quantitative estimate of drug-likeness (QED) is 0.385. The highest BCUT2D eigenvalue weighted by atomic mass is 16.5. The number of anilines is 2. The van der Waals surface area contributed by atoms with Crippen LogP contribution < -0.4 is 29.8 Å². The van der Waals surface area contributed by atoms with Gasteiger partial charge in [-0.15, -0.1) is 0 Å². The van der Waals surface area contributed by atoms with Crippen LogP contribution in [0.1, 0.15) is 17.2 Å². The summed E-state index contributed by atoms with van der Waals surface area (Å²) in [6, 6.07) is 10.3. The maximum atomic E-state index is 12.9. The molecule has 12 nitrogen and oxygen atoms in total. The number of fused-ring (bicyclic) bond motifs is 2. The molecule has 34 heavy (non-hydrogen) atoms. The van der Waals surface area contributed by atoms with E-state index in [4.69, 9.17) is 18.9 Å². The lowest BCUT2D eigenvalue weighted by Crippen LogP contribution is -2.29. The first kappa shape index (κ1) is 21.2. The minimum absolute atomic E-state index is 0.293. The minimum atomic E-state index is -0.584. The molecule has 2 aromatic heterocycles. The van der Waals surface area contributed by atoms with Crippen molar-refractivity contribution >= 4 is 11.6 Å². The van der Waals surface area contributed by atoms with E-state index in [2.05, 4.69) is 31.0 Å². The van der Waals surface area contributed by atoms with Gasteiger partial charge in [0.1, 0.15) is 11.7 Å². The number of methoxy groups -OCH3 is 4. The van der Waals surface area contributed by atoms with E-state index in [1.807, 2.05) is 18.2 Å². The van der Waals surface area contributed by atoms with Crippen LogP contribution in [-0.4, -0.2) is 58.8 Å². The normalized spacial score (nSPS) is 13.9. The van der Waals surface area contributed by atoms with Crippen molar-refractivity contribution < 1.29 is 18.9 Å². The van der Waals surface area contributed by atoms with Gasteiger partial charge in [0, 0.05) is 11.1 Å². The molecule has 0 unspecified atom stereocenters. The van der Waals surface area contributed by atoms with Crippen molar-refractivity contribution in [3.63, 3.8) is 0 Å². The topological polar surface area (TPSA) is 138 Å². The highest BCUT2D eigenvalue weighted by Crippen LogP contribution is 2.44. The fourth-order valence-corrected chi connectivity index (χ4v) is 4.07. The monoisotopic (exact) mass is 463 g/mol. The molecule has 2 aromatic carbocycles. The number of hydrogen-bond acceptors (Lipinski definition) is 10. The molecule has 0 saturated carbocycles. The number of nitrogens with zero attached hydrogens (tertiary/aromatic N) is 5. The Balaban J connectivity index is 1.78. The Morgan fingerprint density at radius 1 is 0.882 bits per heavy atom. The van der Waals surface area contributed by atoms with Gasteiger partial charge in [-0.2, -0.15) is 9.78 Å². The van der Waals surface area contributed by atoms with Gasteiger partial charge in [-0.25, -0.2) is 5.10 Å². The lowest BCUT2D eigenvalue weighted by molar-refractivity contribution is 0.354. The molecular weight excluding hydrogens is 442 g/mol. The van der Waals surface area contributed by atoms with E-state index < -0.39 is 11.6 Å². The number of H-pyrrole nitrogens is 1. The molecule has 0 spiro atoms. The summed E-state index contributed by atoms with van der Waals surface area (Å²) >= 11 is 0. The van der Waals surface area contributed by atoms with Crippen molar-refractivity contribution in [2.45, 2.75) is 6.04 Å². The average Bonchev–Trinajstić information content (AvgIpc) is 3.35. The third-order valence-electron chi connectivity index (χ3n) is 5.65. The SMILES string of the molecule is COc1ccc(-c2n[nH]c(=O)c3c2[C@H](c2ccc(OC)c(OC)c2)n2nnnc2N3)cc1OC. The molecule has 1 aliphatic heterocycles. The lowest BCUT2D eigenvalue weighted by Gasteiger charge is -2.28.